The Kier molecular flexibility index (Phi) is 2.56. The average Bonchev–Trinajstić information content (AvgIpc) is 2.95. The number of hydrogen-bond acceptors (Lipinski definition) is 1. The van der Waals surface area contributed by atoms with Crippen LogP contribution < -0.4 is 0 Å². The van der Waals surface area contributed by atoms with E-state index in [-0.39, 0.29) is 5.56 Å². The molecule has 1 N–H and O–H groups in total. The lowest BCUT2D eigenvalue weighted by molar-refractivity contribution is 0.151. The quantitative estimate of drug-likeness (QED) is 0.749. The van der Waals surface area contributed by atoms with E-state index in [0.29, 0.717) is 10.7 Å². The van der Waals surface area contributed by atoms with E-state index in [1.165, 1.54) is 10.9 Å². The minimum absolute atomic E-state index is 0.130. The lowest BCUT2D eigenvalue weighted by Gasteiger charge is -2.06. The van der Waals surface area contributed by atoms with E-state index in [1.54, 1.807) is 12.3 Å². The van der Waals surface area contributed by atoms with Gasteiger partial charge >= 0.3 is 0 Å². The summed E-state index contributed by atoms with van der Waals surface area (Å²) in [7, 11) is 0. The summed E-state index contributed by atoms with van der Waals surface area (Å²) in [6, 6.07) is 5.46. The maximum atomic E-state index is 12.6. The number of aromatic nitrogens is 3. The topological polar surface area (TPSA) is 33.6 Å². The molecule has 18 heavy (non-hydrogen) atoms. The van der Waals surface area contributed by atoms with Gasteiger partial charge in [0, 0.05) is 17.8 Å². The number of H-pyrrole nitrogens is 1. The molecule has 6 heteroatoms. The molecule has 0 aliphatic rings. The Morgan fingerprint density at radius 2 is 2.11 bits per heavy atom. The molecular weight excluding hydrogens is 260 g/mol. The summed E-state index contributed by atoms with van der Waals surface area (Å²) < 4.78 is 26.5. The van der Waals surface area contributed by atoms with Gasteiger partial charge in [-0.3, -0.25) is 0 Å². The Labute approximate surface area is 106 Å². The van der Waals surface area contributed by atoms with Crippen LogP contribution in [0.5, 0.6) is 0 Å². The van der Waals surface area contributed by atoms with Crippen molar-refractivity contribution in [1.82, 2.24) is 14.8 Å². The average molecular weight is 268 g/mol. The zero-order valence-electron chi connectivity index (χ0n) is 9.07. The molecule has 1 aromatic carbocycles. The molecule has 0 bridgehead atoms. The summed E-state index contributed by atoms with van der Waals surface area (Å²) in [5.41, 5.74) is 1.21. The van der Waals surface area contributed by atoms with Crippen LogP contribution in [0.25, 0.3) is 16.6 Å². The Morgan fingerprint density at radius 1 is 1.28 bits per heavy atom. The van der Waals surface area contributed by atoms with Gasteiger partial charge in [0.15, 0.2) is 0 Å². The Bertz CT molecular complexity index is 702. The van der Waals surface area contributed by atoms with Gasteiger partial charge in [0.2, 0.25) is 0 Å². The number of benzene rings is 1. The molecule has 0 amide bonds. The number of rotatable bonds is 2. The summed E-state index contributed by atoms with van der Waals surface area (Å²) in [6.45, 7) is 0. The van der Waals surface area contributed by atoms with E-state index >= 15 is 0 Å². The van der Waals surface area contributed by atoms with Crippen LogP contribution >= 0.6 is 11.6 Å². The minimum atomic E-state index is -2.54. The van der Waals surface area contributed by atoms with E-state index in [4.69, 9.17) is 11.6 Å². The number of hydrogen-bond donors (Lipinski definition) is 1. The molecule has 2 heterocycles. The molecule has 0 radical (unpaired) electrons. The number of aromatic amines is 1. The molecule has 3 aromatic rings. The van der Waals surface area contributed by atoms with Gasteiger partial charge in [-0.2, -0.15) is 5.10 Å². The summed E-state index contributed by atoms with van der Waals surface area (Å²) in [4.78, 5) is 3.03. The van der Waals surface area contributed by atoms with Crippen LogP contribution in [0.15, 0.2) is 36.8 Å². The van der Waals surface area contributed by atoms with E-state index in [2.05, 4.69) is 10.1 Å². The summed E-state index contributed by atoms with van der Waals surface area (Å²) in [5.74, 6) is 0. The molecule has 0 fully saturated rings. The molecule has 0 saturated heterocycles. The largest absolute Gasteiger partial charge is 0.359 e. The van der Waals surface area contributed by atoms with Crippen molar-refractivity contribution >= 4 is 22.5 Å². The SMILES string of the molecule is FC(F)c1cnn(-c2c(Cl)ccc3cc[nH]c23)c1. The maximum absolute atomic E-state index is 12.6. The van der Waals surface area contributed by atoms with Crippen molar-refractivity contribution in [3.05, 3.63) is 47.4 Å². The molecule has 0 aliphatic carbocycles. The van der Waals surface area contributed by atoms with Crippen molar-refractivity contribution in [2.75, 3.05) is 0 Å². The first-order valence-corrected chi connectivity index (χ1v) is 5.63. The fourth-order valence-corrected chi connectivity index (χ4v) is 2.13. The third-order valence-electron chi connectivity index (χ3n) is 2.74. The number of halogens is 3. The summed E-state index contributed by atoms with van der Waals surface area (Å²) in [6.07, 6.45) is 1.65. The van der Waals surface area contributed by atoms with Crippen LogP contribution in [0.2, 0.25) is 5.02 Å². The monoisotopic (exact) mass is 267 g/mol. The van der Waals surface area contributed by atoms with Crippen molar-refractivity contribution in [3.8, 4) is 5.69 Å². The Hall–Kier alpha value is -1.88. The minimum Gasteiger partial charge on any atom is -0.359 e. The summed E-state index contributed by atoms with van der Waals surface area (Å²) in [5, 5.41) is 5.33. The second kappa shape index (κ2) is 4.10. The van der Waals surface area contributed by atoms with Crippen molar-refractivity contribution in [2.24, 2.45) is 0 Å². The van der Waals surface area contributed by atoms with E-state index < -0.39 is 6.43 Å². The van der Waals surface area contributed by atoms with Crippen LogP contribution in [0.3, 0.4) is 0 Å². The van der Waals surface area contributed by atoms with Crippen molar-refractivity contribution < 1.29 is 8.78 Å². The maximum Gasteiger partial charge on any atom is 0.266 e. The highest BCUT2D eigenvalue weighted by atomic mass is 35.5. The first-order chi connectivity index (χ1) is 8.66. The Morgan fingerprint density at radius 3 is 2.83 bits per heavy atom. The lowest BCUT2D eigenvalue weighted by atomic mass is 10.2. The predicted octanol–water partition coefficient (Wildman–Crippen LogP) is 3.94. The van der Waals surface area contributed by atoms with Crippen LogP contribution in [-0.2, 0) is 0 Å². The normalized spacial score (nSPS) is 11.6. The fraction of sp³-hybridized carbons (Fsp3) is 0.0833. The van der Waals surface area contributed by atoms with Crippen LogP contribution in [0.1, 0.15) is 12.0 Å². The highest BCUT2D eigenvalue weighted by molar-refractivity contribution is 6.33. The van der Waals surface area contributed by atoms with Gasteiger partial charge in [0.1, 0.15) is 5.69 Å². The smallest absolute Gasteiger partial charge is 0.266 e. The molecule has 0 aliphatic heterocycles. The second-order valence-electron chi connectivity index (χ2n) is 3.86. The highest BCUT2D eigenvalue weighted by Crippen LogP contribution is 2.29. The molecule has 0 saturated carbocycles. The number of alkyl halides is 2. The first kappa shape index (κ1) is 11.2. The van der Waals surface area contributed by atoms with Gasteiger partial charge in [-0.1, -0.05) is 17.7 Å². The van der Waals surface area contributed by atoms with Gasteiger partial charge in [-0.05, 0) is 12.1 Å². The zero-order chi connectivity index (χ0) is 12.7. The molecule has 3 rings (SSSR count). The van der Waals surface area contributed by atoms with E-state index in [9.17, 15) is 8.78 Å². The summed E-state index contributed by atoms with van der Waals surface area (Å²) >= 11 is 6.12. The van der Waals surface area contributed by atoms with Crippen LogP contribution in [0, 0.1) is 0 Å². The zero-order valence-corrected chi connectivity index (χ0v) is 9.83. The van der Waals surface area contributed by atoms with Crippen molar-refractivity contribution in [1.29, 1.82) is 0 Å². The Balaban J connectivity index is 2.23. The molecule has 0 spiro atoms. The lowest BCUT2D eigenvalue weighted by Crippen LogP contribution is -1.96. The van der Waals surface area contributed by atoms with Gasteiger partial charge in [-0.25, -0.2) is 13.5 Å². The first-order valence-electron chi connectivity index (χ1n) is 5.25. The molecule has 0 atom stereocenters. The fourth-order valence-electron chi connectivity index (χ4n) is 1.88. The van der Waals surface area contributed by atoms with Gasteiger partial charge in [-0.15, -0.1) is 0 Å². The molecular formula is C12H8ClF2N3. The molecule has 92 valence electrons. The standard InChI is InChI=1S/C12H8ClF2N3/c13-9-2-1-7-3-4-16-10(7)11(9)18-6-8(5-17-18)12(14)15/h1-6,12,16H. The molecule has 3 nitrogen and oxygen atoms in total. The predicted molar refractivity (Wildman–Crippen MR) is 65.4 cm³/mol. The van der Waals surface area contributed by atoms with Gasteiger partial charge < -0.3 is 4.98 Å². The van der Waals surface area contributed by atoms with Crippen molar-refractivity contribution in [2.45, 2.75) is 6.43 Å². The van der Waals surface area contributed by atoms with Crippen LogP contribution in [0.4, 0.5) is 8.78 Å². The third-order valence-corrected chi connectivity index (χ3v) is 3.04. The highest BCUT2D eigenvalue weighted by Gasteiger charge is 2.14. The third kappa shape index (κ3) is 1.67. The molecule has 0 unspecified atom stereocenters. The number of nitrogens with zero attached hydrogens (tertiary/aromatic N) is 2. The van der Waals surface area contributed by atoms with Gasteiger partial charge in [0.25, 0.3) is 6.43 Å². The number of nitrogens with one attached hydrogen (secondary N) is 1. The van der Waals surface area contributed by atoms with E-state index in [0.717, 1.165) is 17.1 Å². The number of fused-ring (bicyclic) bond motifs is 1. The van der Waals surface area contributed by atoms with Gasteiger partial charge in [0.05, 0.1) is 22.3 Å². The van der Waals surface area contributed by atoms with Crippen molar-refractivity contribution in [3.63, 3.8) is 0 Å². The van der Waals surface area contributed by atoms with E-state index in [1.807, 2.05) is 12.1 Å². The van der Waals surface area contributed by atoms with Crippen LogP contribution in [-0.4, -0.2) is 14.8 Å². The molecule has 2 aromatic heterocycles. The second-order valence-corrected chi connectivity index (χ2v) is 4.26.